The van der Waals surface area contributed by atoms with E-state index in [1.54, 1.807) is 0 Å². The molecule has 0 saturated heterocycles. The van der Waals surface area contributed by atoms with Gasteiger partial charge in [0.1, 0.15) is 0 Å². The number of rotatable bonds is 13. The smallest absolute Gasteiger partial charge is 0.0703 e. The van der Waals surface area contributed by atoms with Crippen LogP contribution in [0.3, 0.4) is 0 Å². The monoisotopic (exact) mass is 260 g/mol. The van der Waals surface area contributed by atoms with E-state index in [-0.39, 0.29) is 6.10 Å². The fourth-order valence-electron chi connectivity index (χ4n) is 1.71. The van der Waals surface area contributed by atoms with Crippen molar-refractivity contribution in [3.05, 3.63) is 0 Å². The zero-order valence-electron chi connectivity index (χ0n) is 12.7. The topological polar surface area (TPSA) is 27.7 Å². The molecule has 0 radical (unpaired) electrons. The Morgan fingerprint density at radius 2 is 1.56 bits per heavy atom. The number of unbranched alkanes of at least 4 members (excludes halogenated alkanes) is 1. The van der Waals surface area contributed by atoms with Gasteiger partial charge in [0.25, 0.3) is 0 Å². The summed E-state index contributed by atoms with van der Waals surface area (Å²) in [7, 11) is 0. The summed E-state index contributed by atoms with van der Waals surface area (Å²) >= 11 is 0. The molecule has 0 N–H and O–H groups in total. The van der Waals surface area contributed by atoms with Crippen LogP contribution in [0.25, 0.3) is 0 Å². The Balaban J connectivity index is 3.22. The second-order valence-corrected chi connectivity index (χ2v) is 5.02. The maximum atomic E-state index is 5.65. The largest absolute Gasteiger partial charge is 0.379 e. The molecule has 0 saturated carbocycles. The van der Waals surface area contributed by atoms with Crippen molar-refractivity contribution in [3.63, 3.8) is 0 Å². The van der Waals surface area contributed by atoms with Crippen molar-refractivity contribution >= 4 is 0 Å². The Morgan fingerprint density at radius 3 is 2.17 bits per heavy atom. The number of ether oxygens (including phenoxy) is 3. The van der Waals surface area contributed by atoms with Crippen molar-refractivity contribution in [2.45, 2.75) is 59.5 Å². The molecule has 1 atom stereocenters. The van der Waals surface area contributed by atoms with Crippen LogP contribution >= 0.6 is 0 Å². The number of hydrogen-bond donors (Lipinski definition) is 0. The van der Waals surface area contributed by atoms with Gasteiger partial charge in [-0.15, -0.1) is 0 Å². The third kappa shape index (κ3) is 12.3. The molecule has 0 rings (SSSR count). The minimum atomic E-state index is 0.286. The minimum absolute atomic E-state index is 0.286. The van der Waals surface area contributed by atoms with Gasteiger partial charge in [0.05, 0.1) is 32.5 Å². The third-order valence-electron chi connectivity index (χ3n) is 2.95. The van der Waals surface area contributed by atoms with E-state index in [9.17, 15) is 0 Å². The van der Waals surface area contributed by atoms with Crippen LogP contribution in [0, 0.1) is 5.92 Å². The van der Waals surface area contributed by atoms with Crippen LogP contribution in [0.5, 0.6) is 0 Å². The fraction of sp³-hybridized carbons (Fsp3) is 1.00. The van der Waals surface area contributed by atoms with Gasteiger partial charge in [-0.3, -0.25) is 0 Å². The molecule has 0 aromatic carbocycles. The third-order valence-corrected chi connectivity index (χ3v) is 2.95. The summed E-state index contributed by atoms with van der Waals surface area (Å²) in [5.74, 6) is 0.717. The first-order valence-corrected chi connectivity index (χ1v) is 7.47. The molecule has 0 bridgehead atoms. The first-order valence-electron chi connectivity index (χ1n) is 7.47. The lowest BCUT2D eigenvalue weighted by atomic mass is 10.0. The molecule has 1 unspecified atom stereocenters. The van der Waals surface area contributed by atoms with Crippen molar-refractivity contribution in [1.82, 2.24) is 0 Å². The van der Waals surface area contributed by atoms with E-state index >= 15 is 0 Å². The van der Waals surface area contributed by atoms with Crippen molar-refractivity contribution in [3.8, 4) is 0 Å². The molecule has 0 fully saturated rings. The summed E-state index contributed by atoms with van der Waals surface area (Å²) in [5.41, 5.74) is 0. The zero-order chi connectivity index (χ0) is 13.6. The predicted molar refractivity (Wildman–Crippen MR) is 76.0 cm³/mol. The lowest BCUT2D eigenvalue weighted by Gasteiger charge is -2.14. The summed E-state index contributed by atoms with van der Waals surface area (Å²) in [6.07, 6.45) is 5.37. The second kappa shape index (κ2) is 13.3. The van der Waals surface area contributed by atoms with Gasteiger partial charge in [0, 0.05) is 6.61 Å². The Bertz CT molecular complexity index is 160. The molecular formula is C15H32O3. The Morgan fingerprint density at radius 1 is 0.889 bits per heavy atom. The first kappa shape index (κ1) is 17.9. The van der Waals surface area contributed by atoms with E-state index in [0.29, 0.717) is 32.3 Å². The van der Waals surface area contributed by atoms with E-state index in [4.69, 9.17) is 14.2 Å². The SMILES string of the molecule is CCCCC(CC)COCCOCCOC(C)C. The lowest BCUT2D eigenvalue weighted by Crippen LogP contribution is -2.14. The van der Waals surface area contributed by atoms with E-state index in [1.165, 1.54) is 25.7 Å². The number of hydrogen-bond acceptors (Lipinski definition) is 3. The molecule has 0 aliphatic carbocycles. The van der Waals surface area contributed by atoms with Crippen LogP contribution in [0.1, 0.15) is 53.4 Å². The highest BCUT2D eigenvalue weighted by atomic mass is 16.5. The van der Waals surface area contributed by atoms with Gasteiger partial charge in [-0.05, 0) is 26.2 Å². The van der Waals surface area contributed by atoms with Gasteiger partial charge >= 0.3 is 0 Å². The van der Waals surface area contributed by atoms with Crippen LogP contribution in [0.2, 0.25) is 0 Å². The van der Waals surface area contributed by atoms with Crippen molar-refractivity contribution < 1.29 is 14.2 Å². The normalized spacial score (nSPS) is 13.2. The van der Waals surface area contributed by atoms with Gasteiger partial charge in [-0.2, -0.15) is 0 Å². The lowest BCUT2D eigenvalue weighted by molar-refractivity contribution is -0.00684. The van der Waals surface area contributed by atoms with Gasteiger partial charge in [-0.1, -0.05) is 33.1 Å². The Hall–Kier alpha value is -0.120. The summed E-state index contributed by atoms with van der Waals surface area (Å²) in [5, 5.41) is 0. The van der Waals surface area contributed by atoms with Crippen LogP contribution < -0.4 is 0 Å². The minimum Gasteiger partial charge on any atom is -0.379 e. The summed E-state index contributed by atoms with van der Waals surface area (Å²) < 4.78 is 16.5. The van der Waals surface area contributed by atoms with E-state index in [1.807, 2.05) is 13.8 Å². The molecule has 0 amide bonds. The van der Waals surface area contributed by atoms with Crippen molar-refractivity contribution in [1.29, 1.82) is 0 Å². The van der Waals surface area contributed by atoms with Gasteiger partial charge in [0.15, 0.2) is 0 Å². The highest BCUT2D eigenvalue weighted by Gasteiger charge is 2.05. The molecule has 3 heteroatoms. The van der Waals surface area contributed by atoms with Crippen molar-refractivity contribution in [2.75, 3.05) is 33.0 Å². The highest BCUT2D eigenvalue weighted by molar-refractivity contribution is 4.55. The Kier molecular flexibility index (Phi) is 13.2. The van der Waals surface area contributed by atoms with E-state index in [2.05, 4.69) is 13.8 Å². The average molecular weight is 260 g/mol. The Labute approximate surface area is 113 Å². The van der Waals surface area contributed by atoms with Crippen LogP contribution in [-0.4, -0.2) is 39.1 Å². The molecule has 18 heavy (non-hydrogen) atoms. The van der Waals surface area contributed by atoms with Crippen LogP contribution in [-0.2, 0) is 14.2 Å². The molecule has 0 aliphatic rings. The summed E-state index contributed by atoms with van der Waals surface area (Å²) in [6, 6.07) is 0. The first-order chi connectivity index (χ1) is 8.70. The van der Waals surface area contributed by atoms with Gasteiger partial charge in [0.2, 0.25) is 0 Å². The maximum absolute atomic E-state index is 5.65. The highest BCUT2D eigenvalue weighted by Crippen LogP contribution is 2.12. The summed E-state index contributed by atoms with van der Waals surface area (Å²) in [4.78, 5) is 0. The summed E-state index contributed by atoms with van der Waals surface area (Å²) in [6.45, 7) is 12.1. The molecule has 0 aromatic rings. The molecule has 0 aromatic heterocycles. The molecule has 0 heterocycles. The quantitative estimate of drug-likeness (QED) is 0.473. The van der Waals surface area contributed by atoms with E-state index < -0.39 is 0 Å². The van der Waals surface area contributed by atoms with Crippen LogP contribution in [0.4, 0.5) is 0 Å². The molecule has 0 spiro atoms. The maximum Gasteiger partial charge on any atom is 0.0703 e. The average Bonchev–Trinajstić information content (AvgIpc) is 2.35. The van der Waals surface area contributed by atoms with E-state index in [0.717, 1.165) is 6.61 Å². The standard InChI is InChI=1S/C15H32O3/c1-5-7-8-15(6-2)13-17-10-9-16-11-12-18-14(3)4/h14-15H,5-13H2,1-4H3. The van der Waals surface area contributed by atoms with Gasteiger partial charge in [-0.25, -0.2) is 0 Å². The molecule has 0 aliphatic heterocycles. The van der Waals surface area contributed by atoms with Crippen LogP contribution in [0.15, 0.2) is 0 Å². The fourth-order valence-corrected chi connectivity index (χ4v) is 1.71. The molecule has 110 valence electrons. The molecule has 3 nitrogen and oxygen atoms in total. The predicted octanol–water partition coefficient (Wildman–Crippen LogP) is 3.66. The van der Waals surface area contributed by atoms with Gasteiger partial charge < -0.3 is 14.2 Å². The zero-order valence-corrected chi connectivity index (χ0v) is 12.7. The van der Waals surface area contributed by atoms with Crippen molar-refractivity contribution in [2.24, 2.45) is 5.92 Å². The second-order valence-electron chi connectivity index (χ2n) is 5.02. The molecular weight excluding hydrogens is 228 g/mol.